The molecule has 0 bridgehead atoms. The van der Waals surface area contributed by atoms with Crippen molar-refractivity contribution in [1.82, 2.24) is 4.90 Å². The number of carbonyl (C=O) groups is 1. The van der Waals surface area contributed by atoms with Gasteiger partial charge in [-0.1, -0.05) is 27.5 Å². The Bertz CT molecular complexity index is 454. The summed E-state index contributed by atoms with van der Waals surface area (Å²) in [5.41, 5.74) is 0.344. The van der Waals surface area contributed by atoms with E-state index in [-0.39, 0.29) is 19.1 Å². The molecule has 0 fully saturated rings. The van der Waals surface area contributed by atoms with Crippen molar-refractivity contribution in [3.8, 4) is 0 Å². The van der Waals surface area contributed by atoms with E-state index >= 15 is 0 Å². The van der Waals surface area contributed by atoms with E-state index < -0.39 is 12.1 Å². The predicted molar refractivity (Wildman–Crippen MR) is 78.4 cm³/mol. The Morgan fingerprint density at radius 3 is 2.63 bits per heavy atom. The molecule has 1 rings (SSSR count). The van der Waals surface area contributed by atoms with Gasteiger partial charge in [0.05, 0.1) is 29.3 Å². The number of hydrogen-bond acceptors (Lipinski definition) is 3. The quantitative estimate of drug-likeness (QED) is 0.856. The first-order chi connectivity index (χ1) is 8.86. The van der Waals surface area contributed by atoms with Crippen LogP contribution >= 0.6 is 27.5 Å². The monoisotopic (exact) mass is 349 g/mol. The summed E-state index contributed by atoms with van der Waals surface area (Å²) in [7, 11) is 0. The summed E-state index contributed by atoms with van der Waals surface area (Å²) in [5.74, 6) is -0.311. The number of hydrogen-bond donors (Lipinski definition) is 2. The second-order valence-corrected chi connectivity index (χ2v) is 5.79. The molecule has 0 spiro atoms. The van der Waals surface area contributed by atoms with Crippen LogP contribution in [0, 0.1) is 0 Å². The Labute approximate surface area is 126 Å². The van der Waals surface area contributed by atoms with Gasteiger partial charge in [-0.15, -0.1) is 0 Å². The van der Waals surface area contributed by atoms with E-state index in [0.717, 1.165) is 4.47 Å². The van der Waals surface area contributed by atoms with Gasteiger partial charge in [-0.2, -0.15) is 0 Å². The Kier molecular flexibility index (Phi) is 6.26. The molecule has 0 saturated heterocycles. The molecule has 6 heteroatoms. The van der Waals surface area contributed by atoms with Crippen LogP contribution in [0.25, 0.3) is 0 Å². The summed E-state index contributed by atoms with van der Waals surface area (Å²) in [6.45, 7) is 3.27. The van der Waals surface area contributed by atoms with Crippen molar-refractivity contribution < 1.29 is 15.0 Å². The summed E-state index contributed by atoms with van der Waals surface area (Å²) in [4.78, 5) is 13.9. The maximum atomic E-state index is 12.5. The minimum atomic E-state index is -0.677. The highest BCUT2D eigenvalue weighted by molar-refractivity contribution is 9.10. The van der Waals surface area contributed by atoms with Crippen molar-refractivity contribution in [3.63, 3.8) is 0 Å². The van der Waals surface area contributed by atoms with E-state index in [4.69, 9.17) is 11.6 Å². The Hall–Kier alpha value is -0.620. The average molecular weight is 351 g/mol. The van der Waals surface area contributed by atoms with Crippen molar-refractivity contribution in [2.45, 2.75) is 26.0 Å². The summed E-state index contributed by atoms with van der Waals surface area (Å²) >= 11 is 9.32. The highest BCUT2D eigenvalue weighted by atomic mass is 79.9. The number of rotatable bonds is 5. The fourth-order valence-electron chi connectivity index (χ4n) is 1.66. The smallest absolute Gasteiger partial charge is 0.255 e. The number of amides is 1. The van der Waals surface area contributed by atoms with Gasteiger partial charge in [0.15, 0.2) is 0 Å². The molecule has 0 aliphatic heterocycles. The normalized spacial score (nSPS) is 14.0. The summed E-state index contributed by atoms with van der Waals surface area (Å²) < 4.78 is 0.744. The minimum Gasteiger partial charge on any atom is -0.394 e. The zero-order chi connectivity index (χ0) is 14.6. The van der Waals surface area contributed by atoms with Gasteiger partial charge < -0.3 is 15.1 Å². The molecule has 0 radical (unpaired) electrons. The van der Waals surface area contributed by atoms with Gasteiger partial charge >= 0.3 is 0 Å². The predicted octanol–water partition coefficient (Wildman–Crippen LogP) is 2.31. The third-order valence-corrected chi connectivity index (χ3v) is 3.50. The molecule has 0 heterocycles. The fraction of sp³-hybridized carbons (Fsp3) is 0.462. The molecular weight excluding hydrogens is 334 g/mol. The zero-order valence-electron chi connectivity index (χ0n) is 10.8. The SMILES string of the molecule is C[C@H](CO)N(C[C@@H](C)O)C(=O)c1cc(Br)ccc1Cl. The van der Waals surface area contributed by atoms with Gasteiger partial charge in [-0.05, 0) is 32.0 Å². The van der Waals surface area contributed by atoms with E-state index in [9.17, 15) is 15.0 Å². The van der Waals surface area contributed by atoms with Crippen LogP contribution in [0.1, 0.15) is 24.2 Å². The van der Waals surface area contributed by atoms with Gasteiger partial charge in [0.25, 0.3) is 5.91 Å². The van der Waals surface area contributed by atoms with Gasteiger partial charge in [-0.25, -0.2) is 0 Å². The molecule has 106 valence electrons. The third-order valence-electron chi connectivity index (χ3n) is 2.68. The molecule has 2 N–H and O–H groups in total. The molecule has 0 unspecified atom stereocenters. The van der Waals surface area contributed by atoms with Crippen molar-refractivity contribution in [3.05, 3.63) is 33.3 Å². The third kappa shape index (κ3) is 4.45. The van der Waals surface area contributed by atoms with E-state index in [1.807, 2.05) is 0 Å². The number of aliphatic hydroxyl groups excluding tert-OH is 2. The lowest BCUT2D eigenvalue weighted by Gasteiger charge is -2.29. The van der Waals surface area contributed by atoms with E-state index in [1.54, 1.807) is 32.0 Å². The largest absolute Gasteiger partial charge is 0.394 e. The van der Waals surface area contributed by atoms with Gasteiger partial charge in [0.2, 0.25) is 0 Å². The van der Waals surface area contributed by atoms with Gasteiger partial charge in [0, 0.05) is 11.0 Å². The van der Waals surface area contributed by atoms with Crippen molar-refractivity contribution in [1.29, 1.82) is 0 Å². The summed E-state index contributed by atoms with van der Waals surface area (Å²) in [6.07, 6.45) is -0.677. The van der Waals surface area contributed by atoms with Crippen LogP contribution in [-0.2, 0) is 0 Å². The van der Waals surface area contributed by atoms with E-state index in [2.05, 4.69) is 15.9 Å². The number of carbonyl (C=O) groups excluding carboxylic acids is 1. The zero-order valence-corrected chi connectivity index (χ0v) is 13.1. The van der Waals surface area contributed by atoms with Crippen molar-refractivity contribution >= 4 is 33.4 Å². The number of benzene rings is 1. The van der Waals surface area contributed by atoms with Crippen LogP contribution in [0.15, 0.2) is 22.7 Å². The molecule has 0 aliphatic carbocycles. The number of nitrogens with zero attached hydrogens (tertiary/aromatic N) is 1. The van der Waals surface area contributed by atoms with Crippen LogP contribution < -0.4 is 0 Å². The molecule has 1 aromatic carbocycles. The topological polar surface area (TPSA) is 60.8 Å². The Morgan fingerprint density at radius 2 is 2.11 bits per heavy atom. The lowest BCUT2D eigenvalue weighted by atomic mass is 10.1. The van der Waals surface area contributed by atoms with Crippen molar-refractivity contribution in [2.24, 2.45) is 0 Å². The van der Waals surface area contributed by atoms with Crippen LogP contribution in [0.2, 0.25) is 5.02 Å². The molecule has 0 aliphatic rings. The van der Waals surface area contributed by atoms with Gasteiger partial charge in [-0.3, -0.25) is 4.79 Å². The second kappa shape index (κ2) is 7.24. The molecule has 2 atom stereocenters. The summed E-state index contributed by atoms with van der Waals surface area (Å²) in [6, 6.07) is 4.61. The second-order valence-electron chi connectivity index (χ2n) is 4.46. The first-order valence-corrected chi connectivity index (χ1v) is 7.08. The lowest BCUT2D eigenvalue weighted by Crippen LogP contribution is -2.44. The Morgan fingerprint density at radius 1 is 1.47 bits per heavy atom. The molecule has 0 saturated carbocycles. The van der Waals surface area contributed by atoms with Crippen LogP contribution in [0.5, 0.6) is 0 Å². The molecule has 1 aromatic rings. The average Bonchev–Trinajstić information content (AvgIpc) is 2.37. The van der Waals surface area contributed by atoms with Crippen molar-refractivity contribution in [2.75, 3.05) is 13.2 Å². The van der Waals surface area contributed by atoms with E-state index in [1.165, 1.54) is 4.90 Å². The first kappa shape index (κ1) is 16.4. The highest BCUT2D eigenvalue weighted by Crippen LogP contribution is 2.23. The van der Waals surface area contributed by atoms with E-state index in [0.29, 0.717) is 10.6 Å². The Balaban J connectivity index is 3.07. The van der Waals surface area contributed by atoms with Crippen LogP contribution in [0.3, 0.4) is 0 Å². The standard InChI is InChI=1S/C13H17BrClNO3/c1-8(7-17)16(6-9(2)18)13(19)11-5-10(14)3-4-12(11)15/h3-5,8-9,17-18H,6-7H2,1-2H3/t8-,9-/m1/s1. The molecule has 19 heavy (non-hydrogen) atoms. The maximum Gasteiger partial charge on any atom is 0.255 e. The molecule has 4 nitrogen and oxygen atoms in total. The lowest BCUT2D eigenvalue weighted by molar-refractivity contribution is 0.0472. The molecule has 1 amide bonds. The van der Waals surface area contributed by atoms with Crippen LogP contribution in [-0.4, -0.2) is 46.3 Å². The molecule has 0 aromatic heterocycles. The fourth-order valence-corrected chi connectivity index (χ4v) is 2.22. The number of aliphatic hydroxyl groups is 2. The maximum absolute atomic E-state index is 12.5. The number of halogens is 2. The minimum absolute atomic E-state index is 0.142. The molecular formula is C13H17BrClNO3. The van der Waals surface area contributed by atoms with Gasteiger partial charge in [0.1, 0.15) is 0 Å². The first-order valence-electron chi connectivity index (χ1n) is 5.91. The highest BCUT2D eigenvalue weighted by Gasteiger charge is 2.24. The van der Waals surface area contributed by atoms with Crippen LogP contribution in [0.4, 0.5) is 0 Å². The summed E-state index contributed by atoms with van der Waals surface area (Å²) in [5, 5.41) is 19.0.